The molecule has 4 heterocycles. The first-order chi connectivity index (χ1) is 29.8. The zero-order valence-electron chi connectivity index (χ0n) is 35.8. The summed E-state index contributed by atoms with van der Waals surface area (Å²) in [6.07, 6.45) is 11.2. The number of nitro groups is 1. The molecular formula is C46H58N8O7S. The van der Waals surface area contributed by atoms with Gasteiger partial charge in [-0.2, -0.15) is 0 Å². The van der Waals surface area contributed by atoms with Crippen LogP contribution in [0.15, 0.2) is 77.0 Å². The van der Waals surface area contributed by atoms with E-state index in [1.165, 1.54) is 44.2 Å². The van der Waals surface area contributed by atoms with Crippen LogP contribution in [-0.2, 0) is 14.8 Å². The standard InChI is InChI=1S/C46H58N8O7S/c1-46(2)12-8-31(39(25-46)37-24-41(47-3)38-23-36(37)38)28-52-14-16-53(17-15-52)32-4-6-35(43(21-32)61-33-20-30-9-13-48-44(30)50-27-33)45(55)51-62(58,59)34-5-7-40(42(22-34)54(56)57)49-26-29-10-18-60-19-11-29/h4-7,9,13,20-22,27,29,36-38,41,47,49H,8,10-12,14-19,23-26,28H2,1-3H3,(H,48,50)(H,51,55)/t36?,37-,38?,41+/m1/s1. The number of anilines is 2. The van der Waals surface area contributed by atoms with Crippen molar-refractivity contribution in [2.24, 2.45) is 29.1 Å². The van der Waals surface area contributed by atoms with E-state index in [2.05, 4.69) is 56.0 Å². The van der Waals surface area contributed by atoms with Gasteiger partial charge < -0.3 is 30.0 Å². The number of fused-ring (bicyclic) bond motifs is 2. The molecule has 15 nitrogen and oxygen atoms in total. The summed E-state index contributed by atoms with van der Waals surface area (Å²) in [5.41, 5.74) is 5.05. The van der Waals surface area contributed by atoms with Gasteiger partial charge in [0.1, 0.15) is 22.8 Å². The van der Waals surface area contributed by atoms with Gasteiger partial charge in [0.25, 0.3) is 21.6 Å². The first-order valence-electron chi connectivity index (χ1n) is 22.1. The summed E-state index contributed by atoms with van der Waals surface area (Å²) >= 11 is 0. The average molecular weight is 867 g/mol. The normalized spacial score (nSPS) is 24.2. The Morgan fingerprint density at radius 3 is 2.61 bits per heavy atom. The SMILES string of the molecule is CN[C@H]1C[C@@H](C2=C(CN3CCN(c4ccc(C(=O)NS(=O)(=O)c5ccc(NCC6CCOCC6)c([N+](=O)[O-])c5)c(Oc5cnc6[nH]ccc6c5)c4)CC3)CCC(C)(C)C2)C2CC21. The molecule has 2 aromatic carbocycles. The largest absolute Gasteiger partial charge is 0.455 e. The van der Waals surface area contributed by atoms with Crippen molar-refractivity contribution in [3.63, 3.8) is 0 Å². The van der Waals surface area contributed by atoms with Gasteiger partial charge in [-0.15, -0.1) is 0 Å². The van der Waals surface area contributed by atoms with E-state index >= 15 is 0 Å². The Hall–Kier alpha value is -5.03. The highest BCUT2D eigenvalue weighted by Gasteiger charge is 2.55. The van der Waals surface area contributed by atoms with Crippen molar-refractivity contribution in [3.8, 4) is 11.5 Å². The maximum absolute atomic E-state index is 13.9. The first kappa shape index (κ1) is 42.3. The van der Waals surface area contributed by atoms with E-state index in [1.54, 1.807) is 41.7 Å². The van der Waals surface area contributed by atoms with Gasteiger partial charge in [0.15, 0.2) is 0 Å². The molecule has 4 aromatic rings. The van der Waals surface area contributed by atoms with Crippen LogP contribution in [0.1, 0.15) is 69.2 Å². The molecule has 9 rings (SSSR count). The van der Waals surface area contributed by atoms with Crippen LogP contribution in [0.2, 0.25) is 0 Å². The van der Waals surface area contributed by atoms with Crippen molar-refractivity contribution in [3.05, 3.63) is 87.7 Å². The molecule has 16 heteroatoms. The second-order valence-electron chi connectivity index (χ2n) is 18.7. The summed E-state index contributed by atoms with van der Waals surface area (Å²) in [5.74, 6) is 2.26. The number of hydrogen-bond acceptors (Lipinski definition) is 12. The molecule has 4 N–H and O–H groups in total. The van der Waals surface area contributed by atoms with Crippen molar-refractivity contribution in [1.82, 2.24) is 24.9 Å². The third-order valence-corrected chi connectivity index (χ3v) is 15.4. The van der Waals surface area contributed by atoms with Crippen molar-refractivity contribution in [2.75, 3.05) is 69.7 Å². The average Bonchev–Trinajstić information content (AvgIpc) is 3.75. The van der Waals surface area contributed by atoms with Crippen molar-refractivity contribution >= 4 is 44.0 Å². The quantitative estimate of drug-likeness (QED) is 0.0574. The number of piperazine rings is 1. The Morgan fingerprint density at radius 2 is 1.85 bits per heavy atom. The van der Waals surface area contributed by atoms with Gasteiger partial charge >= 0.3 is 0 Å². The van der Waals surface area contributed by atoms with Crippen LogP contribution in [0.4, 0.5) is 17.1 Å². The molecule has 62 heavy (non-hydrogen) atoms. The fourth-order valence-corrected chi connectivity index (χ4v) is 11.4. The number of carbonyl (C=O) groups is 1. The van der Waals surface area contributed by atoms with Gasteiger partial charge in [0.05, 0.1) is 21.6 Å². The van der Waals surface area contributed by atoms with Crippen LogP contribution in [0.25, 0.3) is 11.0 Å². The lowest BCUT2D eigenvalue weighted by molar-refractivity contribution is -0.384. The van der Waals surface area contributed by atoms with Gasteiger partial charge in [-0.1, -0.05) is 25.0 Å². The van der Waals surface area contributed by atoms with E-state index in [1.807, 2.05) is 12.1 Å². The van der Waals surface area contributed by atoms with Crippen molar-refractivity contribution < 1.29 is 27.6 Å². The monoisotopic (exact) mass is 866 g/mol. The van der Waals surface area contributed by atoms with Crippen molar-refractivity contribution in [2.45, 2.75) is 69.7 Å². The number of allylic oxidation sites excluding steroid dienone is 1. The lowest BCUT2D eigenvalue weighted by atomic mass is 9.70. The van der Waals surface area contributed by atoms with E-state index in [0.717, 1.165) is 74.5 Å². The fourth-order valence-electron chi connectivity index (χ4n) is 10.4. The minimum absolute atomic E-state index is 0.0145. The van der Waals surface area contributed by atoms with Gasteiger partial charge in [-0.3, -0.25) is 19.8 Å². The highest BCUT2D eigenvalue weighted by molar-refractivity contribution is 7.90. The molecule has 2 saturated heterocycles. The number of aromatic amines is 1. The Balaban J connectivity index is 0.919. The number of rotatable bonds is 14. The summed E-state index contributed by atoms with van der Waals surface area (Å²) in [5, 5.41) is 19.6. The second-order valence-corrected chi connectivity index (χ2v) is 20.4. The molecular weight excluding hydrogens is 809 g/mol. The molecule has 0 spiro atoms. The highest BCUT2D eigenvalue weighted by atomic mass is 32.2. The highest BCUT2D eigenvalue weighted by Crippen LogP contribution is 2.60. The fraction of sp³-hybridized carbons (Fsp3) is 0.522. The van der Waals surface area contributed by atoms with Crippen LogP contribution in [0.5, 0.6) is 11.5 Å². The number of aromatic nitrogens is 2. The summed E-state index contributed by atoms with van der Waals surface area (Å²) in [4.78, 5) is 37.4. The maximum Gasteiger partial charge on any atom is 0.293 e. The first-order valence-corrected chi connectivity index (χ1v) is 23.6. The summed E-state index contributed by atoms with van der Waals surface area (Å²) in [6, 6.07) is 13.1. The molecule has 4 atom stereocenters. The molecule has 5 aliphatic rings. The molecule has 3 aliphatic carbocycles. The molecule has 1 amide bonds. The minimum atomic E-state index is -4.54. The van der Waals surface area contributed by atoms with E-state index in [9.17, 15) is 23.3 Å². The lowest BCUT2D eigenvalue weighted by Gasteiger charge is -2.40. The predicted octanol–water partition coefficient (Wildman–Crippen LogP) is 7.09. The van der Waals surface area contributed by atoms with E-state index < -0.39 is 31.4 Å². The van der Waals surface area contributed by atoms with Gasteiger partial charge in [-0.25, -0.2) is 18.1 Å². The number of nitro benzene ring substituents is 1. The van der Waals surface area contributed by atoms with Gasteiger partial charge in [0, 0.05) is 87.9 Å². The molecule has 2 saturated carbocycles. The number of sulfonamides is 1. The molecule has 2 aromatic heterocycles. The lowest BCUT2D eigenvalue weighted by Crippen LogP contribution is -2.47. The van der Waals surface area contributed by atoms with Crippen LogP contribution < -0.4 is 25.0 Å². The minimum Gasteiger partial charge on any atom is -0.455 e. The predicted molar refractivity (Wildman–Crippen MR) is 238 cm³/mol. The molecule has 330 valence electrons. The molecule has 2 unspecified atom stereocenters. The summed E-state index contributed by atoms with van der Waals surface area (Å²) in [7, 11) is -2.42. The number of nitrogens with zero attached hydrogens (tertiary/aromatic N) is 4. The Kier molecular flexibility index (Phi) is 11.8. The van der Waals surface area contributed by atoms with E-state index in [0.29, 0.717) is 48.5 Å². The number of benzene rings is 2. The number of pyridine rings is 1. The summed E-state index contributed by atoms with van der Waals surface area (Å²) in [6.45, 7) is 10.9. The Labute approximate surface area is 363 Å². The maximum atomic E-state index is 13.9. The smallest absolute Gasteiger partial charge is 0.293 e. The second kappa shape index (κ2) is 17.3. The van der Waals surface area contributed by atoms with Gasteiger partial charge in [0.2, 0.25) is 0 Å². The Bertz CT molecular complexity index is 2470. The third-order valence-electron chi connectivity index (χ3n) is 14.1. The van der Waals surface area contributed by atoms with Crippen LogP contribution >= 0.6 is 0 Å². The Morgan fingerprint density at radius 1 is 1.05 bits per heavy atom. The summed E-state index contributed by atoms with van der Waals surface area (Å²) < 4.78 is 41.3. The zero-order chi connectivity index (χ0) is 43.2. The number of hydrogen-bond donors (Lipinski definition) is 4. The zero-order valence-corrected chi connectivity index (χ0v) is 36.6. The number of amides is 1. The topological polar surface area (TPSA) is 184 Å². The van der Waals surface area contributed by atoms with Gasteiger partial charge in [-0.05, 0) is 117 Å². The molecule has 4 fully saturated rings. The molecule has 0 radical (unpaired) electrons. The van der Waals surface area contributed by atoms with E-state index in [4.69, 9.17) is 9.47 Å². The third kappa shape index (κ3) is 9.06. The number of carbonyl (C=O) groups excluding carboxylic acids is 1. The molecule has 0 bridgehead atoms. The molecule has 2 aliphatic heterocycles. The van der Waals surface area contributed by atoms with E-state index in [-0.39, 0.29) is 22.9 Å². The van der Waals surface area contributed by atoms with Crippen LogP contribution in [-0.4, -0.2) is 99.7 Å². The van der Waals surface area contributed by atoms with Crippen LogP contribution in [0.3, 0.4) is 0 Å². The van der Waals surface area contributed by atoms with Crippen molar-refractivity contribution in [1.29, 1.82) is 0 Å². The number of H-pyrrole nitrogens is 1. The number of nitrogens with one attached hydrogen (secondary N) is 4. The number of ether oxygens (including phenoxy) is 2. The van der Waals surface area contributed by atoms with Crippen LogP contribution in [0, 0.1) is 39.2 Å².